The molecule has 6 nitrogen and oxygen atoms in total. The highest BCUT2D eigenvalue weighted by atomic mass is 127. The average molecular weight is 535 g/mol. The highest BCUT2D eigenvalue weighted by Gasteiger charge is 2.09. The lowest BCUT2D eigenvalue weighted by molar-refractivity contribution is 0.221. The number of guanidine groups is 1. The summed E-state index contributed by atoms with van der Waals surface area (Å²) in [6, 6.07) is 8.13. The summed E-state index contributed by atoms with van der Waals surface area (Å²) in [5.74, 6) is 2.18. The number of ether oxygens (including phenoxy) is 1. The number of rotatable bonds is 15. The van der Waals surface area contributed by atoms with Crippen molar-refractivity contribution in [3.63, 3.8) is 0 Å². The molecular formula is C23H43IN4O2. The van der Waals surface area contributed by atoms with Gasteiger partial charge < -0.3 is 25.4 Å². The van der Waals surface area contributed by atoms with Gasteiger partial charge in [0.2, 0.25) is 0 Å². The van der Waals surface area contributed by atoms with Crippen molar-refractivity contribution in [3.05, 3.63) is 29.8 Å². The first-order valence-corrected chi connectivity index (χ1v) is 11.2. The summed E-state index contributed by atoms with van der Waals surface area (Å²) < 4.78 is 6.05. The van der Waals surface area contributed by atoms with Gasteiger partial charge in [0.05, 0.1) is 6.54 Å². The smallest absolute Gasteiger partial charge is 0.191 e. The van der Waals surface area contributed by atoms with Crippen molar-refractivity contribution in [3.8, 4) is 5.75 Å². The van der Waals surface area contributed by atoms with E-state index in [1.54, 1.807) is 0 Å². The summed E-state index contributed by atoms with van der Waals surface area (Å²) in [6.45, 7) is 14.7. The Balaban J connectivity index is 0.00000841. The van der Waals surface area contributed by atoms with Crippen molar-refractivity contribution in [1.29, 1.82) is 0 Å². The molecule has 3 N–H and O–H groups in total. The van der Waals surface area contributed by atoms with Crippen molar-refractivity contribution >= 4 is 29.9 Å². The van der Waals surface area contributed by atoms with E-state index >= 15 is 0 Å². The molecule has 0 bridgehead atoms. The fourth-order valence-electron chi connectivity index (χ4n) is 3.29. The second kappa shape index (κ2) is 18.7. The molecule has 0 spiro atoms. The highest BCUT2D eigenvalue weighted by molar-refractivity contribution is 14.0. The number of likely N-dealkylation sites (N-methyl/N-ethyl adjacent to an activating group) is 1. The van der Waals surface area contributed by atoms with Gasteiger partial charge in [-0.05, 0) is 44.8 Å². The van der Waals surface area contributed by atoms with Crippen LogP contribution in [-0.4, -0.2) is 61.9 Å². The summed E-state index contributed by atoms with van der Waals surface area (Å²) in [7, 11) is 0. The number of aliphatic hydroxyl groups excluding tert-OH is 1. The van der Waals surface area contributed by atoms with Crippen LogP contribution < -0.4 is 15.4 Å². The fourth-order valence-corrected chi connectivity index (χ4v) is 3.29. The first kappa shape index (κ1) is 28.9. The molecule has 174 valence electrons. The van der Waals surface area contributed by atoms with Gasteiger partial charge in [-0.3, -0.25) is 0 Å². The van der Waals surface area contributed by atoms with E-state index in [9.17, 15) is 5.11 Å². The Morgan fingerprint density at radius 2 is 1.83 bits per heavy atom. The largest absolute Gasteiger partial charge is 0.492 e. The molecule has 0 aliphatic rings. The minimum atomic E-state index is 0. The molecule has 0 heterocycles. The Morgan fingerprint density at radius 1 is 1.10 bits per heavy atom. The van der Waals surface area contributed by atoms with E-state index in [1.807, 2.05) is 18.2 Å². The Kier molecular flexibility index (Phi) is 18.0. The van der Waals surface area contributed by atoms with Gasteiger partial charge in [-0.2, -0.15) is 0 Å². The molecule has 7 heteroatoms. The predicted octanol–water partition coefficient (Wildman–Crippen LogP) is 3.88. The van der Waals surface area contributed by atoms with Crippen molar-refractivity contribution in [1.82, 2.24) is 15.5 Å². The van der Waals surface area contributed by atoms with Gasteiger partial charge in [-0.1, -0.05) is 45.4 Å². The molecule has 0 aliphatic carbocycles. The van der Waals surface area contributed by atoms with Gasteiger partial charge in [0, 0.05) is 31.8 Å². The molecule has 0 amide bonds. The van der Waals surface area contributed by atoms with Crippen LogP contribution in [0.15, 0.2) is 29.3 Å². The van der Waals surface area contributed by atoms with E-state index in [-0.39, 0.29) is 30.6 Å². The molecule has 0 saturated heterocycles. The molecule has 1 rings (SSSR count). The molecular weight excluding hydrogens is 491 g/mol. The van der Waals surface area contributed by atoms with Crippen LogP contribution in [0.4, 0.5) is 0 Å². The maximum Gasteiger partial charge on any atom is 0.191 e. The number of nitrogens with zero attached hydrogens (tertiary/aromatic N) is 2. The summed E-state index contributed by atoms with van der Waals surface area (Å²) in [6.07, 6.45) is 3.05. The van der Waals surface area contributed by atoms with E-state index in [0.29, 0.717) is 19.1 Å². The lowest BCUT2D eigenvalue weighted by atomic mass is 10.0. The van der Waals surface area contributed by atoms with Gasteiger partial charge in [0.1, 0.15) is 12.4 Å². The second-order valence-corrected chi connectivity index (χ2v) is 7.23. The van der Waals surface area contributed by atoms with Gasteiger partial charge in [-0.15, -0.1) is 24.0 Å². The molecule has 0 fully saturated rings. The van der Waals surface area contributed by atoms with Crippen LogP contribution in [0.25, 0.3) is 0 Å². The third-order valence-electron chi connectivity index (χ3n) is 5.08. The fraction of sp³-hybridized carbons (Fsp3) is 0.696. The molecule has 1 atom stereocenters. The Labute approximate surface area is 200 Å². The summed E-state index contributed by atoms with van der Waals surface area (Å²) >= 11 is 0. The van der Waals surface area contributed by atoms with Gasteiger partial charge in [0.15, 0.2) is 5.96 Å². The monoisotopic (exact) mass is 534 g/mol. The molecule has 0 saturated carbocycles. The van der Waals surface area contributed by atoms with Crippen LogP contribution in [0.1, 0.15) is 52.5 Å². The second-order valence-electron chi connectivity index (χ2n) is 7.23. The summed E-state index contributed by atoms with van der Waals surface area (Å²) in [5.41, 5.74) is 1.09. The zero-order valence-electron chi connectivity index (χ0n) is 19.3. The SMILES string of the molecule is CCCC(CCO)CNC(=NCc1ccccc1OCCN(CC)CC)NCC.I. The van der Waals surface area contributed by atoms with Crippen molar-refractivity contribution < 1.29 is 9.84 Å². The van der Waals surface area contributed by atoms with Crippen LogP contribution in [0, 0.1) is 5.92 Å². The number of aliphatic hydroxyl groups is 1. The topological polar surface area (TPSA) is 69.1 Å². The lowest BCUT2D eigenvalue weighted by Crippen LogP contribution is -2.40. The van der Waals surface area contributed by atoms with Crippen molar-refractivity contribution in [2.75, 3.05) is 45.9 Å². The number of hydrogen-bond acceptors (Lipinski definition) is 4. The third-order valence-corrected chi connectivity index (χ3v) is 5.08. The van der Waals surface area contributed by atoms with E-state index in [4.69, 9.17) is 9.73 Å². The number of para-hydroxylation sites is 1. The zero-order chi connectivity index (χ0) is 21.3. The van der Waals surface area contributed by atoms with Crippen LogP contribution in [-0.2, 0) is 6.54 Å². The van der Waals surface area contributed by atoms with Crippen LogP contribution in [0.3, 0.4) is 0 Å². The molecule has 0 aromatic heterocycles. The molecule has 30 heavy (non-hydrogen) atoms. The maximum absolute atomic E-state index is 9.26. The minimum Gasteiger partial charge on any atom is -0.492 e. The predicted molar refractivity (Wildman–Crippen MR) is 138 cm³/mol. The number of benzene rings is 1. The number of halogens is 1. The van der Waals surface area contributed by atoms with Crippen LogP contribution >= 0.6 is 24.0 Å². The molecule has 1 unspecified atom stereocenters. The van der Waals surface area contributed by atoms with Crippen LogP contribution in [0.5, 0.6) is 5.75 Å². The number of aliphatic imine (C=N–C) groups is 1. The van der Waals surface area contributed by atoms with E-state index in [0.717, 1.165) is 69.3 Å². The van der Waals surface area contributed by atoms with E-state index in [1.165, 1.54) is 0 Å². The Hall–Kier alpha value is -1.06. The quantitative estimate of drug-likeness (QED) is 0.181. The highest BCUT2D eigenvalue weighted by Crippen LogP contribution is 2.19. The lowest BCUT2D eigenvalue weighted by Gasteiger charge is -2.19. The summed E-state index contributed by atoms with van der Waals surface area (Å²) in [5, 5.41) is 16.0. The summed E-state index contributed by atoms with van der Waals surface area (Å²) in [4.78, 5) is 7.11. The molecule has 1 aromatic carbocycles. The van der Waals surface area contributed by atoms with E-state index in [2.05, 4.69) is 49.3 Å². The minimum absolute atomic E-state index is 0. The van der Waals surface area contributed by atoms with Crippen molar-refractivity contribution in [2.45, 2.75) is 53.5 Å². The van der Waals surface area contributed by atoms with Crippen LogP contribution in [0.2, 0.25) is 0 Å². The molecule has 0 aliphatic heterocycles. The van der Waals surface area contributed by atoms with Gasteiger partial charge in [-0.25, -0.2) is 4.99 Å². The number of hydrogen-bond donors (Lipinski definition) is 3. The third kappa shape index (κ3) is 12.0. The van der Waals surface area contributed by atoms with Crippen molar-refractivity contribution in [2.24, 2.45) is 10.9 Å². The average Bonchev–Trinajstić information content (AvgIpc) is 2.74. The Bertz CT molecular complexity index is 562. The van der Waals surface area contributed by atoms with E-state index < -0.39 is 0 Å². The first-order chi connectivity index (χ1) is 14.2. The first-order valence-electron chi connectivity index (χ1n) is 11.2. The molecule has 0 radical (unpaired) electrons. The zero-order valence-corrected chi connectivity index (χ0v) is 21.7. The van der Waals surface area contributed by atoms with Gasteiger partial charge in [0.25, 0.3) is 0 Å². The normalized spacial score (nSPS) is 12.4. The maximum atomic E-state index is 9.26. The molecule has 1 aromatic rings. The standard InChI is InChI=1S/C23H42N4O2.HI/c1-5-11-20(14-16-28)18-25-23(24-6-2)26-19-21-12-9-10-13-22(21)29-17-15-27(7-3)8-4;/h9-10,12-13,20,28H,5-8,11,14-19H2,1-4H3,(H2,24,25,26);1H. The number of nitrogens with one attached hydrogen (secondary N) is 2. The van der Waals surface area contributed by atoms with Gasteiger partial charge >= 0.3 is 0 Å². The Morgan fingerprint density at radius 3 is 2.47 bits per heavy atom.